The van der Waals surface area contributed by atoms with Crippen molar-refractivity contribution in [3.05, 3.63) is 59.7 Å². The highest BCUT2D eigenvalue weighted by Gasteiger charge is 2.27. The molecule has 0 unspecified atom stereocenters. The third kappa shape index (κ3) is 5.30. The van der Waals surface area contributed by atoms with Crippen molar-refractivity contribution in [2.45, 2.75) is 30.3 Å². The van der Waals surface area contributed by atoms with Crippen LogP contribution in [0.25, 0.3) is 0 Å². The average Bonchev–Trinajstić information content (AvgIpc) is 3.49. The number of anilines is 1. The summed E-state index contributed by atoms with van der Waals surface area (Å²) in [7, 11) is -2.20. The van der Waals surface area contributed by atoms with Gasteiger partial charge in [0.25, 0.3) is 0 Å². The number of nitrogens with one attached hydrogen (secondary N) is 3. The fraction of sp³-hybridized carbons (Fsp3) is 0.263. The molecule has 2 aromatic rings. The predicted octanol–water partition coefficient (Wildman–Crippen LogP) is 2.24. The Morgan fingerprint density at radius 2 is 1.82 bits per heavy atom. The molecule has 1 fully saturated rings. The van der Waals surface area contributed by atoms with Gasteiger partial charge in [0.2, 0.25) is 10.0 Å². The van der Waals surface area contributed by atoms with Crippen molar-refractivity contribution in [3.8, 4) is 0 Å². The van der Waals surface area contributed by atoms with E-state index in [1.54, 1.807) is 30.3 Å². The maximum atomic E-state index is 12.1. The summed E-state index contributed by atoms with van der Waals surface area (Å²) in [4.78, 5) is 23.8. The zero-order valence-electron chi connectivity index (χ0n) is 15.3. The lowest BCUT2D eigenvalue weighted by atomic mass is 10.2. The Morgan fingerprint density at radius 1 is 1.11 bits per heavy atom. The summed E-state index contributed by atoms with van der Waals surface area (Å²) in [6.07, 6.45) is 1.75. The summed E-state index contributed by atoms with van der Waals surface area (Å²) in [6.45, 7) is 0.221. The zero-order chi connectivity index (χ0) is 20.1. The second-order valence-electron chi connectivity index (χ2n) is 6.42. The van der Waals surface area contributed by atoms with Gasteiger partial charge < -0.3 is 15.4 Å². The highest BCUT2D eigenvalue weighted by molar-refractivity contribution is 7.89. The van der Waals surface area contributed by atoms with Gasteiger partial charge in [-0.05, 0) is 48.7 Å². The predicted molar refractivity (Wildman–Crippen MR) is 103 cm³/mol. The molecule has 2 amide bonds. The maximum Gasteiger partial charge on any atom is 0.337 e. The van der Waals surface area contributed by atoms with Crippen LogP contribution in [-0.4, -0.2) is 33.6 Å². The Labute approximate surface area is 163 Å². The molecule has 0 bridgehead atoms. The molecule has 8 nitrogen and oxygen atoms in total. The lowest BCUT2D eigenvalue weighted by Crippen LogP contribution is -2.28. The zero-order valence-corrected chi connectivity index (χ0v) is 16.1. The molecule has 1 saturated carbocycles. The summed E-state index contributed by atoms with van der Waals surface area (Å²) in [5, 5.41) is 5.31. The van der Waals surface area contributed by atoms with Crippen LogP contribution >= 0.6 is 0 Å². The van der Waals surface area contributed by atoms with Crippen molar-refractivity contribution in [2.75, 3.05) is 12.4 Å². The monoisotopic (exact) mass is 403 g/mol. The average molecular weight is 403 g/mol. The standard InChI is InChI=1S/C19H21N3O5S/c1-27-18(23)14-3-2-4-16(11-14)21-19(24)20-12-13-5-9-17(10-6-13)28(25,26)22-15-7-8-15/h2-6,9-11,15,22H,7-8,12H2,1H3,(H2,20,21,24). The Kier molecular flexibility index (Phi) is 5.96. The molecule has 148 valence electrons. The molecule has 1 aliphatic rings. The summed E-state index contributed by atoms with van der Waals surface area (Å²) in [5.41, 5.74) is 1.54. The second kappa shape index (κ2) is 8.41. The van der Waals surface area contributed by atoms with Gasteiger partial charge in [-0.15, -0.1) is 0 Å². The van der Waals surface area contributed by atoms with E-state index in [-0.39, 0.29) is 17.5 Å². The third-order valence-electron chi connectivity index (χ3n) is 4.13. The van der Waals surface area contributed by atoms with E-state index in [0.29, 0.717) is 11.3 Å². The first-order chi connectivity index (χ1) is 13.4. The van der Waals surface area contributed by atoms with Crippen LogP contribution in [0.3, 0.4) is 0 Å². The van der Waals surface area contributed by atoms with Crippen molar-refractivity contribution in [1.82, 2.24) is 10.0 Å². The van der Waals surface area contributed by atoms with E-state index in [0.717, 1.165) is 18.4 Å². The fourth-order valence-electron chi connectivity index (χ4n) is 2.47. The minimum atomic E-state index is -3.49. The second-order valence-corrected chi connectivity index (χ2v) is 8.13. The maximum absolute atomic E-state index is 12.1. The number of esters is 1. The number of hydrogen-bond acceptors (Lipinski definition) is 5. The first-order valence-corrected chi connectivity index (χ1v) is 10.2. The Balaban J connectivity index is 1.54. The highest BCUT2D eigenvalue weighted by Crippen LogP contribution is 2.22. The largest absolute Gasteiger partial charge is 0.465 e. The van der Waals surface area contributed by atoms with Crippen molar-refractivity contribution < 1.29 is 22.7 Å². The molecule has 0 aliphatic heterocycles. The molecule has 0 heterocycles. The van der Waals surface area contributed by atoms with E-state index in [4.69, 9.17) is 0 Å². The number of carbonyl (C=O) groups excluding carboxylic acids is 2. The minimum Gasteiger partial charge on any atom is -0.465 e. The van der Waals surface area contributed by atoms with Gasteiger partial charge >= 0.3 is 12.0 Å². The first-order valence-electron chi connectivity index (χ1n) is 8.72. The van der Waals surface area contributed by atoms with Crippen molar-refractivity contribution in [1.29, 1.82) is 0 Å². The SMILES string of the molecule is COC(=O)c1cccc(NC(=O)NCc2ccc(S(=O)(=O)NC3CC3)cc2)c1. The normalized spacial score (nSPS) is 13.6. The van der Waals surface area contributed by atoms with Gasteiger partial charge in [-0.25, -0.2) is 22.7 Å². The molecule has 0 aromatic heterocycles. The molecule has 0 spiro atoms. The van der Waals surface area contributed by atoms with Crippen LogP contribution < -0.4 is 15.4 Å². The van der Waals surface area contributed by atoms with Gasteiger partial charge in [0, 0.05) is 18.3 Å². The van der Waals surface area contributed by atoms with Crippen LogP contribution in [0.15, 0.2) is 53.4 Å². The molecular formula is C19H21N3O5S. The van der Waals surface area contributed by atoms with Crippen LogP contribution in [0.2, 0.25) is 0 Å². The highest BCUT2D eigenvalue weighted by atomic mass is 32.2. The number of benzene rings is 2. The Morgan fingerprint density at radius 3 is 2.46 bits per heavy atom. The lowest BCUT2D eigenvalue weighted by Gasteiger charge is -2.10. The number of carbonyl (C=O) groups is 2. The van der Waals surface area contributed by atoms with Gasteiger partial charge in [-0.2, -0.15) is 0 Å². The van der Waals surface area contributed by atoms with E-state index in [9.17, 15) is 18.0 Å². The minimum absolute atomic E-state index is 0.0488. The summed E-state index contributed by atoms with van der Waals surface area (Å²) in [5.74, 6) is -0.490. The summed E-state index contributed by atoms with van der Waals surface area (Å²) < 4.78 is 31.5. The van der Waals surface area contributed by atoms with E-state index >= 15 is 0 Å². The molecule has 0 atom stereocenters. The third-order valence-corrected chi connectivity index (χ3v) is 5.66. The Bertz CT molecular complexity index is 969. The molecule has 0 saturated heterocycles. The summed E-state index contributed by atoms with van der Waals surface area (Å²) >= 11 is 0. The molecule has 1 aliphatic carbocycles. The number of ether oxygens (including phenoxy) is 1. The molecule has 28 heavy (non-hydrogen) atoms. The number of urea groups is 1. The van der Waals surface area contributed by atoms with Crippen LogP contribution in [0.1, 0.15) is 28.8 Å². The molecule has 9 heteroatoms. The summed E-state index contributed by atoms with van der Waals surface area (Å²) in [6, 6.07) is 12.3. The van der Waals surface area contributed by atoms with Crippen LogP contribution in [-0.2, 0) is 21.3 Å². The number of hydrogen-bond donors (Lipinski definition) is 3. The van der Waals surface area contributed by atoms with E-state index in [1.165, 1.54) is 25.3 Å². The van der Waals surface area contributed by atoms with Gasteiger partial charge in [0.05, 0.1) is 17.6 Å². The number of amides is 2. The van der Waals surface area contributed by atoms with Gasteiger partial charge in [-0.3, -0.25) is 0 Å². The fourth-order valence-corrected chi connectivity index (χ4v) is 3.78. The van der Waals surface area contributed by atoms with E-state index < -0.39 is 22.0 Å². The van der Waals surface area contributed by atoms with E-state index in [1.807, 2.05) is 0 Å². The molecule has 2 aromatic carbocycles. The van der Waals surface area contributed by atoms with Crippen molar-refractivity contribution in [3.63, 3.8) is 0 Å². The van der Waals surface area contributed by atoms with Gasteiger partial charge in [0.15, 0.2) is 0 Å². The van der Waals surface area contributed by atoms with Crippen LogP contribution in [0.5, 0.6) is 0 Å². The van der Waals surface area contributed by atoms with Crippen LogP contribution in [0.4, 0.5) is 10.5 Å². The smallest absolute Gasteiger partial charge is 0.337 e. The lowest BCUT2D eigenvalue weighted by molar-refractivity contribution is 0.0600. The number of methoxy groups -OCH3 is 1. The van der Waals surface area contributed by atoms with Crippen molar-refractivity contribution >= 4 is 27.7 Å². The Hall–Kier alpha value is -2.91. The van der Waals surface area contributed by atoms with E-state index in [2.05, 4.69) is 20.1 Å². The van der Waals surface area contributed by atoms with Gasteiger partial charge in [0.1, 0.15) is 0 Å². The molecular weight excluding hydrogens is 382 g/mol. The van der Waals surface area contributed by atoms with Crippen molar-refractivity contribution in [2.24, 2.45) is 0 Å². The number of sulfonamides is 1. The van der Waals surface area contributed by atoms with Gasteiger partial charge in [-0.1, -0.05) is 18.2 Å². The van der Waals surface area contributed by atoms with Crippen LogP contribution in [0, 0.1) is 0 Å². The topological polar surface area (TPSA) is 114 Å². The quantitative estimate of drug-likeness (QED) is 0.614. The number of rotatable bonds is 7. The first kappa shape index (κ1) is 19.8. The molecule has 0 radical (unpaired) electrons. The molecule has 3 rings (SSSR count). The molecule has 3 N–H and O–H groups in total.